The van der Waals surface area contributed by atoms with Gasteiger partial charge < -0.3 is 14.0 Å². The number of hydrogen-bond acceptors (Lipinski definition) is 3. The number of ether oxygens (including phenoxy) is 1. The van der Waals surface area contributed by atoms with Crippen molar-refractivity contribution in [2.24, 2.45) is 5.92 Å². The van der Waals surface area contributed by atoms with Gasteiger partial charge in [-0.3, -0.25) is 4.79 Å². The minimum atomic E-state index is 0.0174. The summed E-state index contributed by atoms with van der Waals surface area (Å²) in [6.45, 7) is 5.43. The predicted octanol–water partition coefficient (Wildman–Crippen LogP) is 4.03. The molecule has 2 heterocycles. The molecule has 0 saturated carbocycles. The van der Waals surface area contributed by atoms with Crippen LogP contribution >= 0.6 is 0 Å². The number of nitrogens with zero attached hydrogens (tertiary/aromatic N) is 3. The maximum atomic E-state index is 12.6. The molecule has 1 aromatic carbocycles. The Hall–Kier alpha value is -2.82. The van der Waals surface area contributed by atoms with Gasteiger partial charge >= 0.3 is 0 Å². The summed E-state index contributed by atoms with van der Waals surface area (Å²) in [5.41, 5.74) is 2.38. The van der Waals surface area contributed by atoms with E-state index in [9.17, 15) is 4.79 Å². The number of rotatable bonds is 7. The van der Waals surface area contributed by atoms with E-state index in [4.69, 9.17) is 4.74 Å². The normalized spacial score (nSPS) is 11.1. The second kappa shape index (κ2) is 8.04. The highest BCUT2D eigenvalue weighted by atomic mass is 16.5. The van der Waals surface area contributed by atoms with Crippen LogP contribution in [0.4, 0.5) is 0 Å². The standard InChI is InChI=1S/C21H25N3O2/c1-16(2)10-12-23(3)21(25)17-7-6-8-19(13-17)26-15-18-14-24-11-5-4-9-20(24)22-18/h4-9,11,13-14,16H,10,12,15H2,1-3H3. The molecule has 0 saturated heterocycles. The van der Waals surface area contributed by atoms with Crippen LogP contribution < -0.4 is 4.74 Å². The molecule has 0 unspecified atom stereocenters. The molecule has 26 heavy (non-hydrogen) atoms. The molecule has 1 amide bonds. The van der Waals surface area contributed by atoms with Gasteiger partial charge in [-0.05, 0) is 42.7 Å². The summed E-state index contributed by atoms with van der Waals surface area (Å²) < 4.78 is 7.80. The molecular weight excluding hydrogens is 326 g/mol. The Balaban J connectivity index is 1.64. The van der Waals surface area contributed by atoms with Crippen LogP contribution in [0.15, 0.2) is 54.9 Å². The highest BCUT2D eigenvalue weighted by molar-refractivity contribution is 5.94. The third-order valence-corrected chi connectivity index (χ3v) is 4.27. The van der Waals surface area contributed by atoms with Crippen molar-refractivity contribution >= 4 is 11.6 Å². The molecule has 0 fully saturated rings. The van der Waals surface area contributed by atoms with Crippen LogP contribution in [0.1, 0.15) is 36.3 Å². The van der Waals surface area contributed by atoms with Crippen molar-refractivity contribution in [2.45, 2.75) is 26.9 Å². The molecule has 5 heteroatoms. The number of hydrogen-bond donors (Lipinski definition) is 0. The second-order valence-corrected chi connectivity index (χ2v) is 6.92. The molecule has 0 atom stereocenters. The number of amides is 1. The Kier molecular flexibility index (Phi) is 5.56. The average Bonchev–Trinajstić information content (AvgIpc) is 3.07. The van der Waals surface area contributed by atoms with E-state index in [1.807, 2.05) is 60.2 Å². The van der Waals surface area contributed by atoms with Gasteiger partial charge in [0.05, 0.1) is 5.69 Å². The van der Waals surface area contributed by atoms with Crippen molar-refractivity contribution in [3.8, 4) is 5.75 Å². The Morgan fingerprint density at radius 2 is 2.08 bits per heavy atom. The Labute approximate surface area is 154 Å². The smallest absolute Gasteiger partial charge is 0.253 e. The molecule has 3 aromatic rings. The quantitative estimate of drug-likeness (QED) is 0.646. The van der Waals surface area contributed by atoms with E-state index in [0.29, 0.717) is 23.8 Å². The molecule has 3 rings (SSSR count). The number of aromatic nitrogens is 2. The maximum absolute atomic E-state index is 12.6. The highest BCUT2D eigenvalue weighted by Gasteiger charge is 2.13. The number of carbonyl (C=O) groups is 1. The summed E-state index contributed by atoms with van der Waals surface area (Å²) in [7, 11) is 1.84. The van der Waals surface area contributed by atoms with Gasteiger partial charge in [-0.1, -0.05) is 26.0 Å². The van der Waals surface area contributed by atoms with Crippen molar-refractivity contribution in [1.82, 2.24) is 14.3 Å². The number of benzene rings is 1. The number of carbonyl (C=O) groups excluding carboxylic acids is 1. The van der Waals surface area contributed by atoms with E-state index in [0.717, 1.165) is 24.3 Å². The summed E-state index contributed by atoms with van der Waals surface area (Å²) in [6, 6.07) is 13.2. The van der Waals surface area contributed by atoms with Crippen molar-refractivity contribution in [3.63, 3.8) is 0 Å². The third-order valence-electron chi connectivity index (χ3n) is 4.27. The van der Waals surface area contributed by atoms with Crippen molar-refractivity contribution in [3.05, 3.63) is 66.1 Å². The first-order chi connectivity index (χ1) is 12.5. The van der Waals surface area contributed by atoms with Crippen molar-refractivity contribution < 1.29 is 9.53 Å². The summed E-state index contributed by atoms with van der Waals surface area (Å²) in [5, 5.41) is 0. The summed E-state index contributed by atoms with van der Waals surface area (Å²) >= 11 is 0. The van der Waals surface area contributed by atoms with Gasteiger partial charge in [0.25, 0.3) is 5.91 Å². The topological polar surface area (TPSA) is 46.8 Å². The minimum absolute atomic E-state index is 0.0174. The van der Waals surface area contributed by atoms with E-state index in [2.05, 4.69) is 18.8 Å². The second-order valence-electron chi connectivity index (χ2n) is 6.92. The fourth-order valence-electron chi connectivity index (χ4n) is 2.71. The molecule has 0 aliphatic rings. The fraction of sp³-hybridized carbons (Fsp3) is 0.333. The van der Waals surface area contributed by atoms with E-state index in [1.54, 1.807) is 11.0 Å². The summed E-state index contributed by atoms with van der Waals surface area (Å²) in [4.78, 5) is 18.8. The third kappa shape index (κ3) is 4.42. The van der Waals surface area contributed by atoms with Crippen LogP contribution in [-0.2, 0) is 6.61 Å². The Bertz CT molecular complexity index is 853. The van der Waals surface area contributed by atoms with Crippen LogP contribution in [0.3, 0.4) is 0 Å². The van der Waals surface area contributed by atoms with Gasteiger partial charge in [-0.2, -0.15) is 0 Å². The zero-order valence-corrected chi connectivity index (χ0v) is 15.6. The van der Waals surface area contributed by atoms with Crippen LogP contribution in [0.5, 0.6) is 5.75 Å². The first-order valence-electron chi connectivity index (χ1n) is 8.94. The number of fused-ring (bicyclic) bond motifs is 1. The molecule has 0 aliphatic heterocycles. The predicted molar refractivity (Wildman–Crippen MR) is 102 cm³/mol. The minimum Gasteiger partial charge on any atom is -0.487 e. The van der Waals surface area contributed by atoms with Gasteiger partial charge in [-0.15, -0.1) is 0 Å². The van der Waals surface area contributed by atoms with Crippen LogP contribution in [-0.4, -0.2) is 33.8 Å². The fourth-order valence-corrected chi connectivity index (χ4v) is 2.71. The summed E-state index contributed by atoms with van der Waals surface area (Å²) in [6.07, 6.45) is 4.90. The monoisotopic (exact) mass is 351 g/mol. The molecule has 0 aliphatic carbocycles. The Morgan fingerprint density at radius 1 is 1.23 bits per heavy atom. The van der Waals surface area contributed by atoms with Crippen LogP contribution in [0.2, 0.25) is 0 Å². The van der Waals surface area contributed by atoms with Gasteiger partial charge in [0.2, 0.25) is 0 Å². The van der Waals surface area contributed by atoms with Crippen molar-refractivity contribution in [2.75, 3.05) is 13.6 Å². The lowest BCUT2D eigenvalue weighted by molar-refractivity contribution is 0.0788. The van der Waals surface area contributed by atoms with Crippen molar-refractivity contribution in [1.29, 1.82) is 0 Å². The van der Waals surface area contributed by atoms with E-state index >= 15 is 0 Å². The van der Waals surface area contributed by atoms with E-state index in [1.165, 1.54) is 0 Å². The zero-order valence-electron chi connectivity index (χ0n) is 15.6. The van der Waals surface area contributed by atoms with Crippen LogP contribution in [0, 0.1) is 5.92 Å². The lowest BCUT2D eigenvalue weighted by atomic mass is 10.1. The van der Waals surface area contributed by atoms with E-state index < -0.39 is 0 Å². The molecule has 2 aromatic heterocycles. The molecule has 0 spiro atoms. The largest absolute Gasteiger partial charge is 0.487 e. The number of imidazole rings is 1. The van der Waals surface area contributed by atoms with E-state index in [-0.39, 0.29) is 5.91 Å². The van der Waals surface area contributed by atoms with Gasteiger partial charge in [0.1, 0.15) is 18.0 Å². The van der Waals surface area contributed by atoms with Gasteiger partial charge in [0, 0.05) is 31.5 Å². The maximum Gasteiger partial charge on any atom is 0.253 e. The summed E-state index contributed by atoms with van der Waals surface area (Å²) in [5.74, 6) is 1.26. The number of pyridine rings is 1. The molecule has 5 nitrogen and oxygen atoms in total. The lowest BCUT2D eigenvalue weighted by Crippen LogP contribution is -2.28. The molecule has 0 N–H and O–H groups in total. The SMILES string of the molecule is CC(C)CCN(C)C(=O)c1cccc(OCc2cn3ccccc3n2)c1. The van der Waals surface area contributed by atoms with Crippen LogP contribution in [0.25, 0.3) is 5.65 Å². The molecule has 0 radical (unpaired) electrons. The average molecular weight is 351 g/mol. The lowest BCUT2D eigenvalue weighted by Gasteiger charge is -2.18. The zero-order chi connectivity index (χ0) is 18.5. The Morgan fingerprint density at radius 3 is 2.85 bits per heavy atom. The molecule has 136 valence electrons. The van der Waals surface area contributed by atoms with Gasteiger partial charge in [0.15, 0.2) is 0 Å². The first kappa shape index (κ1) is 18.0. The van der Waals surface area contributed by atoms with Gasteiger partial charge in [-0.25, -0.2) is 4.98 Å². The first-order valence-corrected chi connectivity index (χ1v) is 8.94. The molecule has 0 bridgehead atoms. The highest BCUT2D eigenvalue weighted by Crippen LogP contribution is 2.17. The molecular formula is C21H25N3O2.